The summed E-state index contributed by atoms with van der Waals surface area (Å²) in [4.78, 5) is 24.0. The first-order valence-electron chi connectivity index (χ1n) is 9.65. The van der Waals surface area contributed by atoms with Gasteiger partial charge in [-0.2, -0.15) is 0 Å². The third-order valence-corrected chi connectivity index (χ3v) is 4.55. The van der Waals surface area contributed by atoms with Crippen LogP contribution in [0.3, 0.4) is 0 Å². The number of aromatic amines is 1. The molecule has 0 spiro atoms. The number of rotatable bonds is 5. The number of nitrogens with zero attached hydrogens (tertiary/aromatic N) is 5. The number of pyridine rings is 2. The van der Waals surface area contributed by atoms with Gasteiger partial charge in [-0.3, -0.25) is 4.98 Å². The number of alkyl halides is 3. The lowest BCUT2D eigenvalue weighted by atomic mass is 10.2. The van der Waals surface area contributed by atoms with Crippen LogP contribution in [0.25, 0.3) is 33.8 Å². The van der Waals surface area contributed by atoms with Crippen LogP contribution in [-0.2, 0) is 0 Å². The lowest BCUT2D eigenvalue weighted by Crippen LogP contribution is -2.17. The van der Waals surface area contributed by atoms with Gasteiger partial charge in [0.15, 0.2) is 0 Å². The Labute approximate surface area is 184 Å². The van der Waals surface area contributed by atoms with Gasteiger partial charge in [-0.25, -0.2) is 19.9 Å². The highest BCUT2D eigenvalue weighted by molar-refractivity contribution is 5.80. The highest BCUT2D eigenvalue weighted by Gasteiger charge is 2.32. The minimum Gasteiger partial charge on any atom is -0.388 e. The first-order chi connectivity index (χ1) is 15.9. The summed E-state index contributed by atoms with van der Waals surface area (Å²) in [5.41, 5.74) is 3.60. The molecule has 0 amide bonds. The largest absolute Gasteiger partial charge is 0.574 e. The van der Waals surface area contributed by atoms with E-state index < -0.39 is 12.2 Å². The third kappa shape index (κ3) is 4.71. The number of ether oxygens (including phenoxy) is 1. The van der Waals surface area contributed by atoms with Gasteiger partial charge >= 0.3 is 6.36 Å². The van der Waals surface area contributed by atoms with E-state index in [2.05, 4.69) is 40.0 Å². The standard InChI is InChI=1S/C22H14F3N7O/c23-22(24,25)33-20-9-16-18(11-29-20)32-21(31-16)13-4-3-5-14(8-13)30-19-12-27-17(10-28-19)15-6-1-2-7-26-15/h1-12H,(H,28,30)(H,31,32). The summed E-state index contributed by atoms with van der Waals surface area (Å²) >= 11 is 0. The van der Waals surface area contributed by atoms with Crippen molar-refractivity contribution in [2.24, 2.45) is 0 Å². The van der Waals surface area contributed by atoms with E-state index in [4.69, 9.17) is 0 Å². The zero-order chi connectivity index (χ0) is 22.8. The lowest BCUT2D eigenvalue weighted by Gasteiger charge is -2.07. The fraction of sp³-hybridized carbons (Fsp3) is 0.0455. The van der Waals surface area contributed by atoms with E-state index in [1.54, 1.807) is 18.6 Å². The number of benzene rings is 1. The van der Waals surface area contributed by atoms with E-state index >= 15 is 0 Å². The maximum Gasteiger partial charge on any atom is 0.574 e. The molecule has 5 aromatic rings. The number of halogens is 3. The molecule has 0 atom stereocenters. The molecule has 0 aliphatic heterocycles. The Balaban J connectivity index is 1.36. The van der Waals surface area contributed by atoms with E-state index in [-0.39, 0.29) is 0 Å². The number of imidazole rings is 1. The Morgan fingerprint density at radius 3 is 2.52 bits per heavy atom. The van der Waals surface area contributed by atoms with Crippen molar-refractivity contribution >= 4 is 22.5 Å². The van der Waals surface area contributed by atoms with Crippen LogP contribution >= 0.6 is 0 Å². The second-order valence-corrected chi connectivity index (χ2v) is 6.88. The highest BCUT2D eigenvalue weighted by atomic mass is 19.4. The molecule has 0 aliphatic carbocycles. The summed E-state index contributed by atoms with van der Waals surface area (Å²) < 4.78 is 41.2. The molecule has 2 N–H and O–H groups in total. The first-order valence-corrected chi connectivity index (χ1v) is 9.65. The molecule has 0 unspecified atom stereocenters. The predicted octanol–water partition coefficient (Wildman–Crippen LogP) is 5.12. The minimum atomic E-state index is -4.82. The monoisotopic (exact) mass is 449 g/mol. The molecule has 4 aromatic heterocycles. The van der Waals surface area contributed by atoms with Gasteiger partial charge < -0.3 is 15.0 Å². The van der Waals surface area contributed by atoms with Crippen LogP contribution < -0.4 is 10.1 Å². The molecule has 0 bridgehead atoms. The molecule has 0 saturated carbocycles. The van der Waals surface area contributed by atoms with E-state index in [1.165, 1.54) is 6.20 Å². The molecule has 0 fully saturated rings. The van der Waals surface area contributed by atoms with Crippen molar-refractivity contribution in [2.75, 3.05) is 5.32 Å². The van der Waals surface area contributed by atoms with Gasteiger partial charge in [0.1, 0.15) is 22.9 Å². The zero-order valence-corrected chi connectivity index (χ0v) is 16.7. The molecule has 0 radical (unpaired) electrons. The zero-order valence-electron chi connectivity index (χ0n) is 16.7. The SMILES string of the molecule is FC(F)(F)Oc1cc2[nH]c(-c3cccc(Nc4cnc(-c5ccccn5)cn4)c3)nc2cn1. The Morgan fingerprint density at radius 2 is 1.76 bits per heavy atom. The van der Waals surface area contributed by atoms with E-state index in [0.717, 1.165) is 17.4 Å². The van der Waals surface area contributed by atoms with Gasteiger partial charge in [0.25, 0.3) is 0 Å². The molecule has 33 heavy (non-hydrogen) atoms. The fourth-order valence-electron chi connectivity index (χ4n) is 3.14. The first kappa shape index (κ1) is 20.4. The van der Waals surface area contributed by atoms with Crippen molar-refractivity contribution in [3.8, 4) is 28.7 Å². The Hall–Kier alpha value is -4.54. The molecular weight excluding hydrogens is 435 g/mol. The normalized spacial score (nSPS) is 11.5. The van der Waals surface area contributed by atoms with Crippen molar-refractivity contribution < 1.29 is 17.9 Å². The van der Waals surface area contributed by atoms with Gasteiger partial charge in [0.05, 0.1) is 29.8 Å². The second-order valence-electron chi connectivity index (χ2n) is 6.88. The van der Waals surface area contributed by atoms with Gasteiger partial charge in [-0.15, -0.1) is 13.2 Å². The van der Waals surface area contributed by atoms with Crippen molar-refractivity contribution in [1.82, 2.24) is 29.9 Å². The van der Waals surface area contributed by atoms with Crippen LogP contribution in [-0.4, -0.2) is 36.3 Å². The quantitative estimate of drug-likeness (QED) is 0.384. The number of nitrogens with one attached hydrogen (secondary N) is 2. The van der Waals surface area contributed by atoms with Crippen LogP contribution in [0, 0.1) is 0 Å². The average Bonchev–Trinajstić information content (AvgIpc) is 3.23. The summed E-state index contributed by atoms with van der Waals surface area (Å²) in [6.07, 6.45) is 1.32. The van der Waals surface area contributed by atoms with Crippen LogP contribution in [0.5, 0.6) is 5.88 Å². The smallest absolute Gasteiger partial charge is 0.388 e. The second kappa shape index (κ2) is 8.19. The van der Waals surface area contributed by atoms with Gasteiger partial charge in [-0.1, -0.05) is 18.2 Å². The minimum absolute atomic E-state index is 0.369. The summed E-state index contributed by atoms with van der Waals surface area (Å²) in [5.74, 6) is 0.444. The van der Waals surface area contributed by atoms with E-state index in [9.17, 15) is 13.2 Å². The number of H-pyrrole nitrogens is 1. The topological polar surface area (TPSA) is 102 Å². The Morgan fingerprint density at radius 1 is 0.848 bits per heavy atom. The van der Waals surface area contributed by atoms with Crippen molar-refractivity contribution in [3.05, 3.63) is 73.3 Å². The lowest BCUT2D eigenvalue weighted by molar-refractivity contribution is -0.276. The number of hydrogen-bond donors (Lipinski definition) is 2. The molecule has 11 heteroatoms. The number of anilines is 2. The van der Waals surface area contributed by atoms with Crippen molar-refractivity contribution in [1.29, 1.82) is 0 Å². The Kier molecular flexibility index (Phi) is 5.05. The molecule has 0 aliphatic rings. The highest BCUT2D eigenvalue weighted by Crippen LogP contribution is 2.27. The van der Waals surface area contributed by atoms with Crippen LogP contribution in [0.15, 0.2) is 73.3 Å². The van der Waals surface area contributed by atoms with Crippen LogP contribution in [0.2, 0.25) is 0 Å². The average molecular weight is 449 g/mol. The predicted molar refractivity (Wildman–Crippen MR) is 115 cm³/mol. The number of hydrogen-bond acceptors (Lipinski definition) is 7. The maximum atomic E-state index is 12.4. The maximum absolute atomic E-state index is 12.4. The third-order valence-electron chi connectivity index (χ3n) is 4.55. The number of aromatic nitrogens is 6. The van der Waals surface area contributed by atoms with Crippen LogP contribution in [0.4, 0.5) is 24.7 Å². The van der Waals surface area contributed by atoms with Gasteiger partial charge in [0.2, 0.25) is 5.88 Å². The van der Waals surface area contributed by atoms with Gasteiger partial charge in [0, 0.05) is 23.5 Å². The van der Waals surface area contributed by atoms with E-state index in [1.807, 2.05) is 42.5 Å². The van der Waals surface area contributed by atoms with Crippen molar-refractivity contribution in [2.45, 2.75) is 6.36 Å². The van der Waals surface area contributed by atoms with Crippen molar-refractivity contribution in [3.63, 3.8) is 0 Å². The molecule has 5 rings (SSSR count). The Bertz CT molecular complexity index is 1400. The summed E-state index contributed by atoms with van der Waals surface area (Å²) in [6.45, 7) is 0. The summed E-state index contributed by atoms with van der Waals surface area (Å²) in [7, 11) is 0. The van der Waals surface area contributed by atoms with Gasteiger partial charge in [-0.05, 0) is 24.3 Å². The van der Waals surface area contributed by atoms with Crippen LogP contribution in [0.1, 0.15) is 0 Å². The molecule has 8 nitrogen and oxygen atoms in total. The number of fused-ring (bicyclic) bond motifs is 1. The molecule has 0 saturated heterocycles. The molecule has 4 heterocycles. The summed E-state index contributed by atoms with van der Waals surface area (Å²) in [5, 5.41) is 3.17. The van der Waals surface area contributed by atoms with E-state index in [0.29, 0.717) is 33.9 Å². The molecule has 1 aromatic carbocycles. The molecular formula is C22H14F3N7O. The molecule has 164 valence electrons. The fourth-order valence-corrected chi connectivity index (χ4v) is 3.14. The summed E-state index contributed by atoms with van der Waals surface area (Å²) in [6, 6.07) is 14.0.